The summed E-state index contributed by atoms with van der Waals surface area (Å²) in [6.45, 7) is 2.82. The van der Waals surface area contributed by atoms with Crippen molar-refractivity contribution in [2.75, 3.05) is 34.4 Å². The van der Waals surface area contributed by atoms with Gasteiger partial charge in [0.25, 0.3) is 0 Å². The lowest BCUT2D eigenvalue weighted by molar-refractivity contribution is 0.172. The van der Waals surface area contributed by atoms with Crippen LogP contribution in [0.4, 0.5) is 0 Å². The molecule has 1 aromatic carbocycles. The molecule has 0 bridgehead atoms. The van der Waals surface area contributed by atoms with Crippen LogP contribution in [0.25, 0.3) is 0 Å². The van der Waals surface area contributed by atoms with Gasteiger partial charge >= 0.3 is 0 Å². The second-order valence-electron chi connectivity index (χ2n) is 6.36. The molecular formula is C20H30BrIN4O2. The summed E-state index contributed by atoms with van der Waals surface area (Å²) in [6, 6.07) is 10.2. The fourth-order valence-electron chi connectivity index (χ4n) is 2.75. The molecule has 0 atom stereocenters. The third-order valence-corrected chi connectivity index (χ3v) is 4.59. The molecule has 0 unspecified atom stereocenters. The van der Waals surface area contributed by atoms with Crippen molar-refractivity contribution >= 4 is 45.9 Å². The van der Waals surface area contributed by atoms with Crippen LogP contribution in [0.2, 0.25) is 0 Å². The number of rotatable bonds is 9. The molecule has 1 aromatic heterocycles. The lowest BCUT2D eigenvalue weighted by Crippen LogP contribution is -2.38. The molecule has 0 saturated carbocycles. The first kappa shape index (κ1) is 24.8. The number of hydrogen-bond acceptors (Lipinski definition) is 3. The standard InChI is InChI=1S/C20H29BrN4O2.HI/c1-22-20(25(3)15-18-12-17(21)14-24(18)2)23-13-16-7-5-8-19(11-16)27-10-6-9-26-4;/h5,7-8,11-12,14H,6,9-10,13,15H2,1-4H3,(H,22,23);1H. The van der Waals surface area contributed by atoms with Crippen molar-refractivity contribution in [1.29, 1.82) is 0 Å². The number of aryl methyl sites for hydroxylation is 1. The van der Waals surface area contributed by atoms with Gasteiger partial charge < -0.3 is 24.3 Å². The molecule has 0 aliphatic carbocycles. The highest BCUT2D eigenvalue weighted by Crippen LogP contribution is 2.16. The van der Waals surface area contributed by atoms with Crippen LogP contribution in [0.3, 0.4) is 0 Å². The topological polar surface area (TPSA) is 51.0 Å². The first-order valence-electron chi connectivity index (χ1n) is 8.96. The minimum atomic E-state index is 0. The molecule has 1 N–H and O–H groups in total. The molecule has 0 saturated heterocycles. The third kappa shape index (κ3) is 8.00. The van der Waals surface area contributed by atoms with Crippen molar-refractivity contribution in [3.05, 3.63) is 52.3 Å². The van der Waals surface area contributed by atoms with Crippen LogP contribution in [0.15, 0.2) is 46.0 Å². The zero-order chi connectivity index (χ0) is 19.6. The molecule has 2 aromatic rings. The van der Waals surface area contributed by atoms with Gasteiger partial charge in [0, 0.05) is 64.2 Å². The van der Waals surface area contributed by atoms with E-state index in [1.165, 1.54) is 5.69 Å². The first-order chi connectivity index (χ1) is 13.0. The van der Waals surface area contributed by atoms with Crippen LogP contribution in [-0.2, 0) is 24.9 Å². The van der Waals surface area contributed by atoms with Gasteiger partial charge in [-0.1, -0.05) is 12.1 Å². The van der Waals surface area contributed by atoms with E-state index >= 15 is 0 Å². The van der Waals surface area contributed by atoms with E-state index in [0.29, 0.717) is 19.8 Å². The number of methoxy groups -OCH3 is 1. The van der Waals surface area contributed by atoms with Crippen molar-refractivity contribution in [3.8, 4) is 5.75 Å². The van der Waals surface area contributed by atoms with Gasteiger partial charge in [-0.3, -0.25) is 4.99 Å². The van der Waals surface area contributed by atoms with Gasteiger partial charge in [-0.15, -0.1) is 24.0 Å². The van der Waals surface area contributed by atoms with Gasteiger partial charge in [-0.25, -0.2) is 0 Å². The van der Waals surface area contributed by atoms with Crippen LogP contribution in [-0.4, -0.2) is 49.8 Å². The molecule has 0 fully saturated rings. The molecule has 0 amide bonds. The van der Waals surface area contributed by atoms with Crippen molar-refractivity contribution in [1.82, 2.24) is 14.8 Å². The quantitative estimate of drug-likeness (QED) is 0.216. The molecule has 0 spiro atoms. The summed E-state index contributed by atoms with van der Waals surface area (Å²) in [7, 11) is 7.58. The Bertz CT molecular complexity index is 752. The zero-order valence-electron chi connectivity index (χ0n) is 16.9. The molecule has 0 aliphatic heterocycles. The predicted molar refractivity (Wildman–Crippen MR) is 129 cm³/mol. The number of aliphatic imine (C=N–C) groups is 1. The van der Waals surface area contributed by atoms with E-state index in [9.17, 15) is 0 Å². The maximum Gasteiger partial charge on any atom is 0.194 e. The van der Waals surface area contributed by atoms with Gasteiger partial charge in [0.1, 0.15) is 5.75 Å². The van der Waals surface area contributed by atoms with Crippen molar-refractivity contribution in [2.24, 2.45) is 12.0 Å². The van der Waals surface area contributed by atoms with E-state index in [0.717, 1.165) is 34.7 Å². The van der Waals surface area contributed by atoms with E-state index in [2.05, 4.69) is 60.1 Å². The lowest BCUT2D eigenvalue weighted by atomic mass is 10.2. The number of benzene rings is 1. The van der Waals surface area contributed by atoms with Gasteiger partial charge in [-0.05, 0) is 39.7 Å². The number of nitrogens with zero attached hydrogens (tertiary/aromatic N) is 3. The SMILES string of the molecule is CN=C(NCc1cccc(OCCCOC)c1)N(C)Cc1cc(Br)cn1C.I. The van der Waals surface area contributed by atoms with Crippen LogP contribution >= 0.6 is 39.9 Å². The summed E-state index contributed by atoms with van der Waals surface area (Å²) in [5.74, 6) is 1.72. The van der Waals surface area contributed by atoms with Crippen LogP contribution in [0, 0.1) is 0 Å². The normalized spacial score (nSPS) is 11.1. The Morgan fingerprint density at radius 1 is 1.29 bits per heavy atom. The second kappa shape index (κ2) is 13.1. The monoisotopic (exact) mass is 564 g/mol. The van der Waals surface area contributed by atoms with Crippen molar-refractivity contribution in [2.45, 2.75) is 19.5 Å². The molecule has 28 heavy (non-hydrogen) atoms. The van der Waals surface area contributed by atoms with E-state index in [-0.39, 0.29) is 24.0 Å². The highest BCUT2D eigenvalue weighted by Gasteiger charge is 2.10. The Morgan fingerprint density at radius 2 is 2.07 bits per heavy atom. The summed E-state index contributed by atoms with van der Waals surface area (Å²) in [5, 5.41) is 3.42. The van der Waals surface area contributed by atoms with Gasteiger partial charge in [-0.2, -0.15) is 0 Å². The maximum absolute atomic E-state index is 5.77. The molecule has 1 heterocycles. The lowest BCUT2D eigenvalue weighted by Gasteiger charge is -2.22. The largest absolute Gasteiger partial charge is 0.493 e. The van der Waals surface area contributed by atoms with Crippen molar-refractivity contribution in [3.63, 3.8) is 0 Å². The molecule has 2 rings (SSSR count). The Morgan fingerprint density at radius 3 is 2.71 bits per heavy atom. The fraction of sp³-hybridized carbons (Fsp3) is 0.450. The summed E-state index contributed by atoms with van der Waals surface area (Å²) in [4.78, 5) is 6.50. The average molecular weight is 565 g/mol. The maximum atomic E-state index is 5.77. The third-order valence-electron chi connectivity index (χ3n) is 4.16. The van der Waals surface area contributed by atoms with E-state index in [4.69, 9.17) is 9.47 Å². The van der Waals surface area contributed by atoms with Crippen LogP contribution in [0.5, 0.6) is 5.75 Å². The Labute approximate surface area is 193 Å². The minimum Gasteiger partial charge on any atom is -0.493 e. The first-order valence-corrected chi connectivity index (χ1v) is 9.76. The average Bonchev–Trinajstić information content (AvgIpc) is 2.96. The summed E-state index contributed by atoms with van der Waals surface area (Å²) >= 11 is 3.52. The Balaban J connectivity index is 0.00000392. The molecule has 0 aliphatic rings. The van der Waals surface area contributed by atoms with Crippen molar-refractivity contribution < 1.29 is 9.47 Å². The number of hydrogen-bond donors (Lipinski definition) is 1. The predicted octanol–water partition coefficient (Wildman–Crippen LogP) is 4.03. The number of ether oxygens (including phenoxy) is 2. The van der Waals surface area contributed by atoms with E-state index < -0.39 is 0 Å². The minimum absolute atomic E-state index is 0. The van der Waals surface area contributed by atoms with Gasteiger partial charge in [0.05, 0.1) is 13.2 Å². The number of guanidine groups is 1. The molecule has 6 nitrogen and oxygen atoms in total. The second-order valence-corrected chi connectivity index (χ2v) is 7.28. The molecule has 8 heteroatoms. The number of halogens is 2. The molecule has 156 valence electrons. The summed E-state index contributed by atoms with van der Waals surface area (Å²) in [5.41, 5.74) is 2.36. The zero-order valence-corrected chi connectivity index (χ0v) is 20.9. The smallest absolute Gasteiger partial charge is 0.194 e. The Hall–Kier alpha value is -1.26. The van der Waals surface area contributed by atoms with Gasteiger partial charge in [0.15, 0.2) is 5.96 Å². The highest BCUT2D eigenvalue weighted by atomic mass is 127. The number of aromatic nitrogens is 1. The van der Waals surface area contributed by atoms with E-state index in [1.54, 1.807) is 14.2 Å². The number of nitrogens with one attached hydrogen (secondary N) is 1. The highest BCUT2D eigenvalue weighted by molar-refractivity contribution is 14.0. The Kier molecular flexibility index (Phi) is 11.6. The van der Waals surface area contributed by atoms with Crippen LogP contribution < -0.4 is 10.1 Å². The summed E-state index contributed by atoms with van der Waals surface area (Å²) in [6.07, 6.45) is 2.93. The van der Waals surface area contributed by atoms with E-state index in [1.807, 2.05) is 26.2 Å². The molecule has 0 radical (unpaired) electrons. The fourth-order valence-corrected chi connectivity index (χ4v) is 3.32. The summed E-state index contributed by atoms with van der Waals surface area (Å²) < 4.78 is 14.0. The van der Waals surface area contributed by atoms with Gasteiger partial charge in [0.2, 0.25) is 0 Å². The van der Waals surface area contributed by atoms with Crippen LogP contribution in [0.1, 0.15) is 17.7 Å². The molecular weight excluding hydrogens is 535 g/mol.